The minimum absolute atomic E-state index is 0.101. The first-order chi connectivity index (χ1) is 22.0. The number of nitrogens with zero attached hydrogens (tertiary/aromatic N) is 2. The molecule has 0 spiro atoms. The molecule has 2 aromatic carbocycles. The molecule has 1 fully saturated rings. The average molecular weight is 690 g/mol. The highest BCUT2D eigenvalue weighted by Gasteiger charge is 2.46. The summed E-state index contributed by atoms with van der Waals surface area (Å²) in [6.45, 7) is 7.78. The van der Waals surface area contributed by atoms with Gasteiger partial charge in [-0.15, -0.1) is 24.0 Å². The summed E-state index contributed by atoms with van der Waals surface area (Å²) in [6, 6.07) is 8.62. The number of carbonyl (C=O) groups excluding carboxylic acids is 2. The van der Waals surface area contributed by atoms with Gasteiger partial charge < -0.3 is 24.6 Å². The van der Waals surface area contributed by atoms with Gasteiger partial charge in [0.1, 0.15) is 16.4 Å². The van der Waals surface area contributed by atoms with E-state index in [0.29, 0.717) is 26.8 Å². The second-order valence-electron chi connectivity index (χ2n) is 14.2. The highest BCUT2D eigenvalue weighted by molar-refractivity contribution is 7.80. The Bertz CT molecular complexity index is 1550. The van der Waals surface area contributed by atoms with Gasteiger partial charge in [-0.05, 0) is 75.1 Å². The van der Waals surface area contributed by atoms with E-state index in [0.717, 1.165) is 33.9 Å². The third-order valence-electron chi connectivity index (χ3n) is 8.52. The Labute approximate surface area is 286 Å². The molecule has 1 amide bonds. The maximum absolute atomic E-state index is 13.9. The lowest BCUT2D eigenvalue weighted by Crippen LogP contribution is -2.50. The van der Waals surface area contributed by atoms with Crippen LogP contribution in [0.3, 0.4) is 0 Å². The number of thiol groups is 1. The van der Waals surface area contributed by atoms with E-state index in [1.165, 1.54) is 37.3 Å². The Morgan fingerprint density at radius 2 is 1.70 bits per heavy atom. The summed E-state index contributed by atoms with van der Waals surface area (Å²) >= 11 is 5.81. The van der Waals surface area contributed by atoms with Crippen molar-refractivity contribution >= 4 is 35.8 Å². The Kier molecular flexibility index (Phi) is 11.7. The lowest BCUT2D eigenvalue weighted by atomic mass is 9.80. The normalized spacial score (nSPS) is 16.1. The molecule has 8 nitrogen and oxygen atoms in total. The molecule has 2 heterocycles. The van der Waals surface area contributed by atoms with Gasteiger partial charge in [-0.3, -0.25) is 9.59 Å². The molecule has 2 aliphatic rings. The highest BCUT2D eigenvalue weighted by atomic mass is 32.1. The fraction of sp³-hybridized carbons (Fsp3) is 0.514. The van der Waals surface area contributed by atoms with Gasteiger partial charge in [0, 0.05) is 41.8 Å². The second kappa shape index (κ2) is 15.0. The minimum atomic E-state index is -1.22. The molecule has 256 valence electrons. The second-order valence-corrected chi connectivity index (χ2v) is 15.6. The molecular weight excluding hydrogens is 643 g/mol. The van der Waals surface area contributed by atoms with Crippen molar-refractivity contribution in [1.82, 2.24) is 15.6 Å². The molecule has 5 rings (SSSR count). The molecule has 47 heavy (non-hydrogen) atoms. The highest BCUT2D eigenvalue weighted by Crippen LogP contribution is 2.42. The summed E-state index contributed by atoms with van der Waals surface area (Å²) in [5.74, 6) is -2.25. The van der Waals surface area contributed by atoms with Gasteiger partial charge in [0.15, 0.2) is 11.6 Å². The summed E-state index contributed by atoms with van der Waals surface area (Å²) in [7, 11) is 8.44. The number of fused-ring (bicyclic) bond motifs is 1. The number of amides is 1. The third kappa shape index (κ3) is 9.74. The van der Waals surface area contributed by atoms with Crippen molar-refractivity contribution in [2.45, 2.75) is 76.0 Å². The van der Waals surface area contributed by atoms with Crippen LogP contribution in [0.2, 0.25) is 0 Å². The predicted octanol–water partition coefficient (Wildman–Crippen LogP) is 5.96. The smallest absolute Gasteiger partial charge is 0.307 e. The molecule has 2 N–H and O–H groups in total. The van der Waals surface area contributed by atoms with Gasteiger partial charge in [0.2, 0.25) is 5.91 Å². The molecule has 0 saturated carbocycles. The van der Waals surface area contributed by atoms with Crippen LogP contribution < -0.4 is 15.4 Å². The number of thiazole rings is 1. The standard InChI is InChI=1S/C27H28F2N2O4S2.C8H19N2/c1-26(2,3)35-24(32)12-27(10-16-7-18(28)19(29)8-17(16)11-27)25(33)30-13-23-31-20(14-37-23)15-5-6-21(34-4)22(36)9-15;1-10(2,3)8-4-6-9-7-5-8/h5-9,14,36H,10-13H2,1-4H3,(H,30,33);8-9H,4-7H2,1-3H3/q;+1. The number of halogens is 2. The molecule has 1 aliphatic carbocycles. The van der Waals surface area contributed by atoms with Crippen LogP contribution in [-0.2, 0) is 33.7 Å². The van der Waals surface area contributed by atoms with Crippen molar-refractivity contribution in [2.75, 3.05) is 41.3 Å². The summed E-state index contributed by atoms with van der Waals surface area (Å²) in [5.41, 5.74) is 0.657. The molecule has 12 heteroatoms. The summed E-state index contributed by atoms with van der Waals surface area (Å²) < 4.78 is 39.6. The number of aromatic nitrogens is 1. The Morgan fingerprint density at radius 3 is 2.21 bits per heavy atom. The van der Waals surface area contributed by atoms with Crippen LogP contribution in [0.1, 0.15) is 56.2 Å². The summed E-state index contributed by atoms with van der Waals surface area (Å²) in [4.78, 5) is 31.5. The Morgan fingerprint density at radius 1 is 1.09 bits per heavy atom. The largest absolute Gasteiger partial charge is 0.496 e. The van der Waals surface area contributed by atoms with Crippen LogP contribution in [0, 0.1) is 17.0 Å². The first kappa shape index (κ1) is 36.8. The summed E-state index contributed by atoms with van der Waals surface area (Å²) in [6.07, 6.45) is 2.66. The lowest BCUT2D eigenvalue weighted by molar-refractivity contribution is -0.897. The van der Waals surface area contributed by atoms with E-state index in [1.807, 2.05) is 23.6 Å². The van der Waals surface area contributed by atoms with Crippen molar-refractivity contribution in [1.29, 1.82) is 0 Å². The van der Waals surface area contributed by atoms with Crippen molar-refractivity contribution in [2.24, 2.45) is 5.41 Å². The lowest BCUT2D eigenvalue weighted by Gasteiger charge is -2.36. The molecule has 0 bridgehead atoms. The molecule has 0 radical (unpaired) electrons. The van der Waals surface area contributed by atoms with E-state index in [1.54, 1.807) is 27.9 Å². The fourth-order valence-electron chi connectivity index (χ4n) is 6.07. The monoisotopic (exact) mass is 689 g/mol. The minimum Gasteiger partial charge on any atom is -0.496 e. The maximum atomic E-state index is 13.9. The zero-order valence-corrected chi connectivity index (χ0v) is 30.0. The van der Waals surface area contributed by atoms with Crippen LogP contribution in [0.15, 0.2) is 40.6 Å². The van der Waals surface area contributed by atoms with Gasteiger partial charge in [-0.1, -0.05) is 0 Å². The molecule has 1 aromatic heterocycles. The van der Waals surface area contributed by atoms with Crippen LogP contribution in [0.4, 0.5) is 8.78 Å². The van der Waals surface area contributed by atoms with Crippen molar-refractivity contribution in [3.05, 3.63) is 63.5 Å². The van der Waals surface area contributed by atoms with Crippen molar-refractivity contribution < 1.29 is 32.3 Å². The zero-order chi connectivity index (χ0) is 34.6. The predicted molar refractivity (Wildman–Crippen MR) is 184 cm³/mol. The quantitative estimate of drug-likeness (QED) is 0.154. The van der Waals surface area contributed by atoms with E-state index >= 15 is 0 Å². The zero-order valence-electron chi connectivity index (χ0n) is 28.3. The van der Waals surface area contributed by atoms with Gasteiger partial charge in [-0.25, -0.2) is 13.8 Å². The SMILES string of the molecule is COc1ccc(-c2csc(CNC(=O)C3(CC(=O)OC(C)(C)C)Cc4cc(F)c(F)cc4C3)n2)cc1S.C[N+](C)(C)C1CCNCC1. The van der Waals surface area contributed by atoms with Crippen molar-refractivity contribution in [3.63, 3.8) is 0 Å². The molecular formula is C35H47F2N4O4S2+. The van der Waals surface area contributed by atoms with E-state index < -0.39 is 34.5 Å². The van der Waals surface area contributed by atoms with Gasteiger partial charge in [0.25, 0.3) is 0 Å². The maximum Gasteiger partial charge on any atom is 0.307 e. The summed E-state index contributed by atoms with van der Waals surface area (Å²) in [5, 5.41) is 8.81. The number of piperidine rings is 1. The number of hydrogen-bond acceptors (Lipinski definition) is 8. The van der Waals surface area contributed by atoms with Crippen molar-refractivity contribution in [3.8, 4) is 17.0 Å². The number of quaternary nitrogens is 1. The number of benzene rings is 2. The van der Waals surface area contributed by atoms with E-state index in [4.69, 9.17) is 9.47 Å². The Balaban J connectivity index is 0.000000427. The van der Waals surface area contributed by atoms with E-state index in [2.05, 4.69) is 49.4 Å². The average Bonchev–Trinajstić information content (AvgIpc) is 3.60. The number of nitrogens with one attached hydrogen (secondary N) is 2. The van der Waals surface area contributed by atoms with Gasteiger partial charge >= 0.3 is 5.97 Å². The van der Waals surface area contributed by atoms with Crippen LogP contribution >= 0.6 is 24.0 Å². The third-order valence-corrected chi connectivity index (χ3v) is 9.71. The first-order valence-electron chi connectivity index (χ1n) is 15.8. The number of hydrogen-bond donors (Lipinski definition) is 3. The topological polar surface area (TPSA) is 89.5 Å². The molecule has 0 atom stereocenters. The number of ether oxygens (including phenoxy) is 2. The van der Waals surface area contributed by atoms with Crippen LogP contribution in [0.5, 0.6) is 5.75 Å². The molecule has 1 saturated heterocycles. The van der Waals surface area contributed by atoms with E-state index in [9.17, 15) is 18.4 Å². The number of rotatable bonds is 8. The van der Waals surface area contributed by atoms with E-state index in [-0.39, 0.29) is 25.8 Å². The fourth-order valence-corrected chi connectivity index (χ4v) is 7.12. The molecule has 0 unspecified atom stereocenters. The van der Waals surface area contributed by atoms with Crippen LogP contribution in [-0.4, -0.2) is 74.3 Å². The number of methoxy groups -OCH3 is 1. The number of carbonyl (C=O) groups is 2. The molecule has 1 aliphatic heterocycles. The Hall–Kier alpha value is -3.06. The van der Waals surface area contributed by atoms with Gasteiger partial charge in [0.05, 0.1) is 58.4 Å². The number of esters is 1. The van der Waals surface area contributed by atoms with Gasteiger partial charge in [-0.2, -0.15) is 0 Å². The van der Waals surface area contributed by atoms with Crippen LogP contribution in [0.25, 0.3) is 11.3 Å². The first-order valence-corrected chi connectivity index (χ1v) is 17.1. The molecule has 3 aromatic rings.